The van der Waals surface area contributed by atoms with Gasteiger partial charge in [-0.3, -0.25) is 9.69 Å². The number of benzene rings is 1. The number of nitrogens with two attached hydrogens (primary N) is 1. The van der Waals surface area contributed by atoms with Crippen LogP contribution in [0.3, 0.4) is 0 Å². The highest BCUT2D eigenvalue weighted by Gasteiger charge is 2.51. The molecule has 1 aromatic heterocycles. The number of nitrogens with zero attached hydrogens (tertiary/aromatic N) is 2. The fourth-order valence-electron chi connectivity index (χ4n) is 3.24. The number of aryl methyl sites for hydroxylation is 1. The monoisotopic (exact) mass is 443 g/mol. The Labute approximate surface area is 182 Å². The average molecular weight is 444 g/mol. The summed E-state index contributed by atoms with van der Waals surface area (Å²) in [7, 11) is 1.59. The number of rotatable bonds is 6. The minimum atomic E-state index is -0.589. The zero-order chi connectivity index (χ0) is 21.3. The number of hydrogen-bond donors (Lipinski definition) is 1. The number of β-lactam (4-membered cyclic amide) rings is 1. The Morgan fingerprint density at radius 3 is 2.77 bits per heavy atom. The molecular formula is C21H21N3O4S2. The van der Waals surface area contributed by atoms with E-state index in [1.807, 2.05) is 31.2 Å². The maximum absolute atomic E-state index is 13.0. The lowest BCUT2D eigenvalue weighted by atomic mass is 10.0. The summed E-state index contributed by atoms with van der Waals surface area (Å²) in [6.07, 6.45) is 3.79. The predicted octanol–water partition coefficient (Wildman–Crippen LogP) is 2.71. The Morgan fingerprint density at radius 1 is 1.33 bits per heavy atom. The number of thioether (sulfide) groups is 1. The van der Waals surface area contributed by atoms with Crippen molar-refractivity contribution in [2.75, 3.05) is 12.9 Å². The molecule has 30 heavy (non-hydrogen) atoms. The van der Waals surface area contributed by atoms with E-state index in [1.165, 1.54) is 16.2 Å². The molecule has 2 aliphatic heterocycles. The number of carbonyl (C=O) groups excluding carboxylic acids is 2. The summed E-state index contributed by atoms with van der Waals surface area (Å²) < 4.78 is 10.7. The van der Waals surface area contributed by atoms with Gasteiger partial charge in [0.1, 0.15) is 29.5 Å². The molecule has 2 aliphatic rings. The number of carbonyl (C=O) groups is 2. The molecule has 0 bridgehead atoms. The van der Waals surface area contributed by atoms with Gasteiger partial charge in [-0.15, -0.1) is 23.1 Å². The van der Waals surface area contributed by atoms with Crippen LogP contribution in [-0.2, 0) is 20.9 Å². The minimum absolute atomic E-state index is 0.100. The van der Waals surface area contributed by atoms with E-state index in [9.17, 15) is 9.59 Å². The standard InChI is InChI=1S/C21H21N3O4S2/c1-12-16(30-11-23-12)8-5-14-10-29-20-17(22)19(25)24(20)18(14)21(26)28-9-13-3-6-15(27-2)7-4-13/h3-8,11,17,20H,9-10,22H2,1-2H3/b8-5+/t17?,20-/m1/s1. The molecule has 2 aromatic rings. The molecule has 2 atom stereocenters. The third-order valence-electron chi connectivity index (χ3n) is 4.98. The summed E-state index contributed by atoms with van der Waals surface area (Å²) in [4.78, 5) is 32.1. The van der Waals surface area contributed by atoms with Crippen molar-refractivity contribution in [1.82, 2.24) is 9.88 Å². The Kier molecular flexibility index (Phi) is 5.94. The molecule has 1 fully saturated rings. The molecule has 0 radical (unpaired) electrons. The number of hydrogen-bond acceptors (Lipinski definition) is 8. The van der Waals surface area contributed by atoms with Crippen molar-refractivity contribution in [3.05, 3.63) is 63.3 Å². The lowest BCUT2D eigenvalue weighted by Gasteiger charge is -2.48. The first-order valence-corrected chi connectivity index (χ1v) is 11.2. The normalized spacial score (nSPS) is 20.9. The van der Waals surface area contributed by atoms with E-state index < -0.39 is 12.0 Å². The van der Waals surface area contributed by atoms with Crippen molar-refractivity contribution in [3.63, 3.8) is 0 Å². The van der Waals surface area contributed by atoms with Crippen molar-refractivity contribution in [2.24, 2.45) is 5.73 Å². The van der Waals surface area contributed by atoms with Gasteiger partial charge in [-0.25, -0.2) is 9.78 Å². The van der Waals surface area contributed by atoms with Crippen LogP contribution < -0.4 is 10.5 Å². The zero-order valence-electron chi connectivity index (χ0n) is 16.5. The van der Waals surface area contributed by atoms with Crippen LogP contribution in [0.25, 0.3) is 6.08 Å². The van der Waals surface area contributed by atoms with E-state index in [0.29, 0.717) is 5.75 Å². The molecule has 3 heterocycles. The number of thiazole rings is 1. The second kappa shape index (κ2) is 8.63. The molecule has 9 heteroatoms. The van der Waals surface area contributed by atoms with Crippen LogP contribution in [0.5, 0.6) is 5.75 Å². The fourth-order valence-corrected chi connectivity index (χ4v) is 5.20. The SMILES string of the molecule is COc1ccc(COC(=O)C2=C(/C=C/c3scnc3C)CS[C@@H]3C(N)C(=O)N23)cc1. The summed E-state index contributed by atoms with van der Waals surface area (Å²) >= 11 is 3.07. The van der Waals surface area contributed by atoms with E-state index in [0.717, 1.165) is 27.5 Å². The topological polar surface area (TPSA) is 94.7 Å². The largest absolute Gasteiger partial charge is 0.497 e. The van der Waals surface area contributed by atoms with Crippen LogP contribution in [0.15, 0.2) is 47.1 Å². The van der Waals surface area contributed by atoms with Gasteiger partial charge in [0.2, 0.25) is 5.91 Å². The summed E-state index contributed by atoms with van der Waals surface area (Å²) in [5.41, 5.74) is 10.5. The summed E-state index contributed by atoms with van der Waals surface area (Å²) in [6, 6.07) is 6.68. The van der Waals surface area contributed by atoms with Gasteiger partial charge < -0.3 is 15.2 Å². The van der Waals surface area contributed by atoms with Gasteiger partial charge in [0.15, 0.2) is 0 Å². The molecule has 1 amide bonds. The van der Waals surface area contributed by atoms with Crippen LogP contribution in [0.2, 0.25) is 0 Å². The molecule has 156 valence electrons. The third-order valence-corrected chi connectivity index (χ3v) is 7.20. The number of methoxy groups -OCH3 is 1. The summed E-state index contributed by atoms with van der Waals surface area (Å²) in [6.45, 7) is 2.03. The van der Waals surface area contributed by atoms with Gasteiger partial charge in [-0.05, 0) is 36.3 Å². The second-order valence-corrected chi connectivity index (χ2v) is 8.86. The predicted molar refractivity (Wildman–Crippen MR) is 117 cm³/mol. The highest BCUT2D eigenvalue weighted by molar-refractivity contribution is 8.00. The first-order chi connectivity index (χ1) is 14.5. The van der Waals surface area contributed by atoms with Crippen LogP contribution in [-0.4, -0.2) is 46.0 Å². The van der Waals surface area contributed by atoms with E-state index >= 15 is 0 Å². The third kappa shape index (κ3) is 3.88. The van der Waals surface area contributed by atoms with E-state index in [2.05, 4.69) is 4.98 Å². The number of amides is 1. The fraction of sp³-hybridized carbons (Fsp3) is 0.286. The van der Waals surface area contributed by atoms with Gasteiger partial charge in [0.25, 0.3) is 0 Å². The van der Waals surface area contributed by atoms with Gasteiger partial charge in [-0.2, -0.15) is 0 Å². The van der Waals surface area contributed by atoms with Crippen LogP contribution in [0.4, 0.5) is 0 Å². The van der Waals surface area contributed by atoms with Crippen LogP contribution in [0.1, 0.15) is 16.1 Å². The van der Waals surface area contributed by atoms with Crippen molar-refractivity contribution < 1.29 is 19.1 Å². The van der Waals surface area contributed by atoms with E-state index in [4.69, 9.17) is 15.2 Å². The van der Waals surface area contributed by atoms with Gasteiger partial charge in [0, 0.05) is 10.6 Å². The number of esters is 1. The quantitative estimate of drug-likeness (QED) is 0.542. The van der Waals surface area contributed by atoms with Gasteiger partial charge in [0.05, 0.1) is 18.3 Å². The molecule has 1 unspecified atom stereocenters. The molecule has 0 saturated carbocycles. The van der Waals surface area contributed by atoms with Crippen molar-refractivity contribution >= 4 is 41.1 Å². The van der Waals surface area contributed by atoms with Gasteiger partial charge in [-0.1, -0.05) is 18.2 Å². The molecule has 0 aliphatic carbocycles. The smallest absolute Gasteiger partial charge is 0.355 e. The maximum atomic E-state index is 13.0. The number of aromatic nitrogens is 1. The summed E-state index contributed by atoms with van der Waals surface area (Å²) in [5, 5.41) is -0.233. The lowest BCUT2D eigenvalue weighted by molar-refractivity contribution is -0.151. The molecule has 7 nitrogen and oxygen atoms in total. The summed E-state index contributed by atoms with van der Waals surface area (Å²) in [5.74, 6) is 0.509. The van der Waals surface area contributed by atoms with E-state index in [-0.39, 0.29) is 23.6 Å². The Hall–Kier alpha value is -2.62. The number of ether oxygens (including phenoxy) is 2. The number of allylic oxidation sites excluding steroid dienone is 1. The van der Waals surface area contributed by atoms with Gasteiger partial charge >= 0.3 is 5.97 Å². The molecule has 2 N–H and O–H groups in total. The lowest BCUT2D eigenvalue weighted by Crippen LogP contribution is -2.68. The highest BCUT2D eigenvalue weighted by atomic mass is 32.2. The Morgan fingerprint density at radius 2 is 2.10 bits per heavy atom. The first kappa shape index (κ1) is 20.6. The van der Waals surface area contributed by atoms with Crippen molar-refractivity contribution in [1.29, 1.82) is 0 Å². The van der Waals surface area contributed by atoms with Crippen molar-refractivity contribution in [3.8, 4) is 5.75 Å². The van der Waals surface area contributed by atoms with Crippen LogP contribution >= 0.6 is 23.1 Å². The second-order valence-electron chi connectivity index (χ2n) is 6.87. The molecule has 1 saturated heterocycles. The minimum Gasteiger partial charge on any atom is -0.497 e. The average Bonchev–Trinajstić information content (AvgIpc) is 3.19. The molecule has 4 rings (SSSR count). The first-order valence-electron chi connectivity index (χ1n) is 9.31. The Balaban J connectivity index is 1.57. The zero-order valence-corrected chi connectivity index (χ0v) is 18.2. The Bertz CT molecular complexity index is 1030. The maximum Gasteiger partial charge on any atom is 0.355 e. The molecular weight excluding hydrogens is 422 g/mol. The number of fused-ring (bicyclic) bond motifs is 1. The van der Waals surface area contributed by atoms with Crippen molar-refractivity contribution in [2.45, 2.75) is 24.9 Å². The highest BCUT2D eigenvalue weighted by Crippen LogP contribution is 2.40. The van der Waals surface area contributed by atoms with E-state index in [1.54, 1.807) is 36.5 Å². The molecule has 1 aromatic carbocycles. The van der Waals surface area contributed by atoms with Crippen LogP contribution in [0, 0.1) is 6.92 Å². The molecule has 0 spiro atoms.